The monoisotopic (exact) mass is 340 g/mol. The van der Waals surface area contributed by atoms with Crippen molar-refractivity contribution in [3.63, 3.8) is 0 Å². The number of ether oxygens (including phenoxy) is 2. The molecule has 0 aromatic rings. The molecule has 3 aliphatic rings. The molecule has 0 aromatic heterocycles. The molecule has 3 heteroatoms. The lowest BCUT2D eigenvalue weighted by Crippen LogP contribution is -2.61. The fourth-order valence-electron chi connectivity index (χ4n) is 5.14. The van der Waals surface area contributed by atoms with Gasteiger partial charge in [0.25, 0.3) is 0 Å². The van der Waals surface area contributed by atoms with E-state index < -0.39 is 0 Å². The highest BCUT2D eigenvalue weighted by Crippen LogP contribution is 2.64. The molecule has 112 valence electrons. The summed E-state index contributed by atoms with van der Waals surface area (Å²) in [5, 5.41) is 0. The van der Waals surface area contributed by atoms with Crippen molar-refractivity contribution < 1.29 is 9.47 Å². The first-order valence-electron chi connectivity index (χ1n) is 7.89. The van der Waals surface area contributed by atoms with Gasteiger partial charge in [-0.3, -0.25) is 0 Å². The Morgan fingerprint density at radius 1 is 1.10 bits per heavy atom. The summed E-state index contributed by atoms with van der Waals surface area (Å²) in [4.78, 5) is 3.02. The Kier molecular flexibility index (Phi) is 3.72. The van der Waals surface area contributed by atoms with Crippen molar-refractivity contribution in [2.24, 2.45) is 22.7 Å². The summed E-state index contributed by atoms with van der Waals surface area (Å²) in [7, 11) is 0. The predicted molar refractivity (Wildman–Crippen MR) is 83.3 cm³/mol. The molecule has 2 nitrogen and oxygen atoms in total. The van der Waals surface area contributed by atoms with Gasteiger partial charge in [-0.05, 0) is 49.3 Å². The van der Waals surface area contributed by atoms with Crippen molar-refractivity contribution in [3.8, 4) is 10.8 Å². The summed E-state index contributed by atoms with van der Waals surface area (Å²) in [6.07, 6.45) is 5.88. The summed E-state index contributed by atoms with van der Waals surface area (Å²) in [5.74, 6) is 4.33. The zero-order valence-corrected chi connectivity index (χ0v) is 14.4. The summed E-state index contributed by atoms with van der Waals surface area (Å²) < 4.78 is 12.4. The molecule has 0 aromatic carbocycles. The van der Waals surface area contributed by atoms with Crippen molar-refractivity contribution in [2.75, 3.05) is 13.2 Å². The van der Waals surface area contributed by atoms with Crippen LogP contribution in [-0.4, -0.2) is 19.0 Å². The average molecular weight is 341 g/mol. The molecule has 4 atom stereocenters. The fourth-order valence-corrected chi connectivity index (χ4v) is 5.56. The molecule has 1 spiro atoms. The van der Waals surface area contributed by atoms with Crippen molar-refractivity contribution >= 4 is 15.9 Å². The lowest BCUT2D eigenvalue weighted by Gasteiger charge is -2.61. The van der Waals surface area contributed by atoms with Crippen LogP contribution < -0.4 is 0 Å². The van der Waals surface area contributed by atoms with Gasteiger partial charge in [0.15, 0.2) is 5.79 Å². The average Bonchev–Trinajstić information content (AvgIpc) is 2.88. The maximum Gasteiger partial charge on any atom is 0.174 e. The second-order valence-electron chi connectivity index (χ2n) is 7.25. The van der Waals surface area contributed by atoms with Crippen LogP contribution >= 0.6 is 15.9 Å². The molecule has 3 rings (SSSR count). The first-order valence-corrected chi connectivity index (χ1v) is 8.68. The Balaban J connectivity index is 2.04. The largest absolute Gasteiger partial charge is 0.347 e. The fraction of sp³-hybridized carbons (Fsp3) is 0.882. The normalized spacial score (nSPS) is 46.6. The highest BCUT2D eigenvalue weighted by molar-refractivity contribution is 9.12. The summed E-state index contributed by atoms with van der Waals surface area (Å²) in [6.45, 7) is 8.59. The van der Waals surface area contributed by atoms with E-state index in [-0.39, 0.29) is 16.6 Å². The van der Waals surface area contributed by atoms with E-state index in [1.54, 1.807) is 0 Å². The van der Waals surface area contributed by atoms with Crippen LogP contribution in [0.1, 0.15) is 52.9 Å². The first kappa shape index (κ1) is 14.9. The van der Waals surface area contributed by atoms with Crippen LogP contribution in [0.2, 0.25) is 0 Å². The van der Waals surface area contributed by atoms with Gasteiger partial charge in [-0.2, -0.15) is 0 Å². The van der Waals surface area contributed by atoms with E-state index in [0.29, 0.717) is 11.8 Å². The molecular weight excluding hydrogens is 316 g/mol. The van der Waals surface area contributed by atoms with Gasteiger partial charge >= 0.3 is 0 Å². The molecule has 1 saturated heterocycles. The third-order valence-corrected chi connectivity index (χ3v) is 6.75. The van der Waals surface area contributed by atoms with Crippen LogP contribution in [0.4, 0.5) is 0 Å². The SMILES string of the molecule is C[C@H]1CC[C@]2(C)[C@H](CCCC23OCCO3)[C@@]1(C)C#CBr. The summed E-state index contributed by atoms with van der Waals surface area (Å²) in [6, 6.07) is 0. The topological polar surface area (TPSA) is 18.5 Å². The highest BCUT2D eigenvalue weighted by Gasteiger charge is 2.64. The Hall–Kier alpha value is -0.0400. The van der Waals surface area contributed by atoms with Gasteiger partial charge in [0, 0.05) is 33.2 Å². The number of rotatable bonds is 0. The zero-order chi connectivity index (χ0) is 14.4. The van der Waals surface area contributed by atoms with Gasteiger partial charge in [-0.25, -0.2) is 0 Å². The molecule has 2 saturated carbocycles. The van der Waals surface area contributed by atoms with Gasteiger partial charge in [0.1, 0.15) is 0 Å². The minimum atomic E-state index is -0.342. The van der Waals surface area contributed by atoms with E-state index in [1.165, 1.54) is 25.7 Å². The van der Waals surface area contributed by atoms with Gasteiger partial charge in [-0.1, -0.05) is 19.8 Å². The molecule has 2 aliphatic carbocycles. The second kappa shape index (κ2) is 5.00. The van der Waals surface area contributed by atoms with Crippen LogP contribution in [0, 0.1) is 33.4 Å². The van der Waals surface area contributed by atoms with Crippen molar-refractivity contribution in [1.82, 2.24) is 0 Å². The molecular formula is C17H25BrO2. The Bertz CT molecular complexity index is 446. The third kappa shape index (κ3) is 1.84. The molecule has 3 fully saturated rings. The van der Waals surface area contributed by atoms with Crippen molar-refractivity contribution in [2.45, 2.75) is 58.7 Å². The number of hydrogen-bond acceptors (Lipinski definition) is 2. The predicted octanol–water partition coefficient (Wildman–Crippen LogP) is 4.33. The van der Waals surface area contributed by atoms with Crippen molar-refractivity contribution in [1.29, 1.82) is 0 Å². The van der Waals surface area contributed by atoms with Gasteiger partial charge < -0.3 is 9.47 Å². The quantitative estimate of drug-likeness (QED) is 0.611. The number of hydrogen-bond donors (Lipinski definition) is 0. The smallest absolute Gasteiger partial charge is 0.174 e. The minimum Gasteiger partial charge on any atom is -0.347 e. The van der Waals surface area contributed by atoms with Gasteiger partial charge in [-0.15, -0.1) is 0 Å². The van der Waals surface area contributed by atoms with Gasteiger partial charge in [0.05, 0.1) is 13.2 Å². The van der Waals surface area contributed by atoms with E-state index in [4.69, 9.17) is 9.47 Å². The van der Waals surface area contributed by atoms with Gasteiger partial charge in [0.2, 0.25) is 0 Å². The van der Waals surface area contributed by atoms with E-state index in [1.807, 2.05) is 0 Å². The Morgan fingerprint density at radius 3 is 2.45 bits per heavy atom. The van der Waals surface area contributed by atoms with Crippen molar-refractivity contribution in [3.05, 3.63) is 0 Å². The van der Waals surface area contributed by atoms with E-state index in [9.17, 15) is 0 Å². The summed E-state index contributed by atoms with van der Waals surface area (Å²) in [5.41, 5.74) is 0.152. The van der Waals surface area contributed by atoms with Crippen LogP contribution in [0.25, 0.3) is 0 Å². The maximum atomic E-state index is 6.18. The lowest BCUT2D eigenvalue weighted by atomic mass is 9.46. The maximum absolute atomic E-state index is 6.18. The van der Waals surface area contributed by atoms with Crippen LogP contribution in [0.3, 0.4) is 0 Å². The minimum absolute atomic E-state index is 0.0548. The molecule has 0 bridgehead atoms. The lowest BCUT2D eigenvalue weighted by molar-refractivity contribution is -0.291. The van der Waals surface area contributed by atoms with E-state index in [0.717, 1.165) is 19.6 Å². The van der Waals surface area contributed by atoms with E-state index in [2.05, 4.69) is 47.5 Å². The Labute approximate surface area is 131 Å². The van der Waals surface area contributed by atoms with E-state index >= 15 is 0 Å². The molecule has 0 amide bonds. The second-order valence-corrected chi connectivity index (χ2v) is 7.65. The van der Waals surface area contributed by atoms with Crippen LogP contribution in [-0.2, 0) is 9.47 Å². The standard InChI is InChI=1S/C17H25BrO2/c1-13-6-8-16(3)14(15(13,2)9-10-18)5-4-7-17(16)19-11-12-20-17/h13-14H,4-8,11-12H2,1-3H3/t13-,14+,15-,16+/m0/s1. The highest BCUT2D eigenvalue weighted by atomic mass is 79.9. The van der Waals surface area contributed by atoms with Crippen LogP contribution in [0.5, 0.6) is 0 Å². The molecule has 0 unspecified atom stereocenters. The molecule has 0 radical (unpaired) electrons. The molecule has 1 aliphatic heterocycles. The zero-order valence-electron chi connectivity index (χ0n) is 12.8. The molecule has 0 N–H and O–H groups in total. The summed E-state index contributed by atoms with van der Waals surface area (Å²) >= 11 is 3.33. The molecule has 1 heterocycles. The number of fused-ring (bicyclic) bond motifs is 2. The van der Waals surface area contributed by atoms with Crippen LogP contribution in [0.15, 0.2) is 0 Å². The molecule has 20 heavy (non-hydrogen) atoms. The number of halogens is 1. The first-order chi connectivity index (χ1) is 9.48. The third-order valence-electron chi connectivity index (χ3n) is 6.55. The Morgan fingerprint density at radius 2 is 1.80 bits per heavy atom.